The molecule has 1 saturated heterocycles. The molecule has 0 bridgehead atoms. The van der Waals surface area contributed by atoms with E-state index in [-0.39, 0.29) is 25.3 Å². The van der Waals surface area contributed by atoms with E-state index >= 15 is 0 Å². The van der Waals surface area contributed by atoms with Gasteiger partial charge in [-0.1, -0.05) is 45.0 Å². The Kier molecular flexibility index (Phi) is 11.4. The van der Waals surface area contributed by atoms with Gasteiger partial charge in [0, 0.05) is 31.5 Å². The summed E-state index contributed by atoms with van der Waals surface area (Å²) >= 11 is 1.51. The Bertz CT molecular complexity index is 1290. The molecular weight excluding hydrogens is 574 g/mol. The Hall–Kier alpha value is -3.39. The molecule has 0 saturated carbocycles. The van der Waals surface area contributed by atoms with Gasteiger partial charge in [-0.05, 0) is 37.7 Å². The van der Waals surface area contributed by atoms with Gasteiger partial charge in [0.05, 0.1) is 22.2 Å². The van der Waals surface area contributed by atoms with Gasteiger partial charge in [-0.2, -0.15) is 0 Å². The number of hydrogen-bond acceptors (Lipinski definition) is 9. The van der Waals surface area contributed by atoms with Crippen molar-refractivity contribution in [2.24, 2.45) is 5.41 Å². The second-order valence-electron chi connectivity index (χ2n) is 12.1. The molecule has 0 unspecified atom stereocenters. The maximum Gasteiger partial charge on any atom is 0.246 e. The van der Waals surface area contributed by atoms with Crippen LogP contribution in [0.3, 0.4) is 0 Å². The van der Waals surface area contributed by atoms with Crippen LogP contribution in [0.15, 0.2) is 29.8 Å². The molecule has 12 nitrogen and oxygen atoms in total. The molecule has 1 fully saturated rings. The van der Waals surface area contributed by atoms with E-state index in [1.807, 2.05) is 19.1 Å². The number of benzene rings is 1. The fraction of sp³-hybridized carbons (Fsp3) is 0.567. The second-order valence-corrected chi connectivity index (χ2v) is 13.0. The first-order valence-corrected chi connectivity index (χ1v) is 15.2. The molecule has 1 aromatic heterocycles. The molecule has 2 heterocycles. The summed E-state index contributed by atoms with van der Waals surface area (Å²) < 4.78 is 0. The van der Waals surface area contributed by atoms with Crippen molar-refractivity contribution in [1.82, 2.24) is 25.8 Å². The fourth-order valence-electron chi connectivity index (χ4n) is 4.97. The predicted molar refractivity (Wildman–Crippen MR) is 161 cm³/mol. The minimum absolute atomic E-state index is 0.0123. The quantitative estimate of drug-likeness (QED) is 0.152. The summed E-state index contributed by atoms with van der Waals surface area (Å²) in [5.74, 6) is -1.98. The number of aliphatic hydroxyl groups excluding tert-OH is 2. The number of thiazole rings is 1. The number of aryl methyl sites for hydroxylation is 1. The summed E-state index contributed by atoms with van der Waals surface area (Å²) in [4.78, 5) is 57.6. The number of unbranched alkanes of at least 4 members (excludes halogenated alkanes) is 1. The number of aliphatic hydroxyl groups is 3. The maximum atomic E-state index is 13.8. The molecule has 4 atom stereocenters. The van der Waals surface area contributed by atoms with Crippen LogP contribution < -0.4 is 16.0 Å². The van der Waals surface area contributed by atoms with E-state index in [9.17, 15) is 29.4 Å². The van der Waals surface area contributed by atoms with Gasteiger partial charge in [-0.3, -0.25) is 19.2 Å². The van der Waals surface area contributed by atoms with E-state index in [0.29, 0.717) is 24.9 Å². The molecule has 4 amide bonds. The van der Waals surface area contributed by atoms with Crippen molar-refractivity contribution in [3.05, 3.63) is 41.0 Å². The average molecular weight is 618 g/mol. The van der Waals surface area contributed by atoms with Gasteiger partial charge >= 0.3 is 0 Å². The Morgan fingerprint density at radius 2 is 1.77 bits per heavy atom. The van der Waals surface area contributed by atoms with Crippen molar-refractivity contribution in [3.8, 4) is 10.4 Å². The van der Waals surface area contributed by atoms with Crippen molar-refractivity contribution in [3.63, 3.8) is 0 Å². The first kappa shape index (κ1) is 34.1. The zero-order chi connectivity index (χ0) is 31.9. The molecule has 0 aliphatic carbocycles. The molecule has 43 heavy (non-hydrogen) atoms. The number of nitrogens with one attached hydrogen (secondary N) is 3. The highest BCUT2D eigenvalue weighted by Crippen LogP contribution is 2.30. The second kappa shape index (κ2) is 14.4. The third-order valence-electron chi connectivity index (χ3n) is 7.40. The van der Waals surface area contributed by atoms with E-state index < -0.39 is 53.7 Å². The van der Waals surface area contributed by atoms with Crippen LogP contribution in [0, 0.1) is 12.3 Å². The lowest BCUT2D eigenvalue weighted by Crippen LogP contribution is -2.59. The SMILES string of the molecule is Cc1ncsc1-c1ccc([C@@](C)(O)NC(=O)[C@@H]2C[C@@H](O)CN2C(=O)[C@@H](NC(=O)CCCCNC(=O)CO)C(C)(C)C)cc1. The molecule has 236 valence electrons. The average Bonchev–Trinajstić information content (AvgIpc) is 3.55. The lowest BCUT2D eigenvalue weighted by atomic mass is 9.85. The van der Waals surface area contributed by atoms with E-state index in [1.54, 1.807) is 38.4 Å². The first-order chi connectivity index (χ1) is 20.1. The van der Waals surface area contributed by atoms with Crippen molar-refractivity contribution >= 4 is 35.0 Å². The van der Waals surface area contributed by atoms with Crippen LogP contribution in [0.4, 0.5) is 0 Å². The van der Waals surface area contributed by atoms with Gasteiger partial charge in [0.1, 0.15) is 18.7 Å². The van der Waals surface area contributed by atoms with Crippen LogP contribution in [-0.4, -0.2) is 86.7 Å². The smallest absolute Gasteiger partial charge is 0.246 e. The highest BCUT2D eigenvalue weighted by atomic mass is 32.1. The summed E-state index contributed by atoms with van der Waals surface area (Å²) in [5, 5.41) is 38.3. The molecule has 0 spiro atoms. The summed E-state index contributed by atoms with van der Waals surface area (Å²) in [7, 11) is 0. The maximum absolute atomic E-state index is 13.8. The summed E-state index contributed by atoms with van der Waals surface area (Å²) in [6, 6.07) is 5.09. The topological polar surface area (TPSA) is 181 Å². The Morgan fingerprint density at radius 1 is 1.09 bits per heavy atom. The molecule has 2 aromatic rings. The molecule has 1 aromatic carbocycles. The predicted octanol–water partition coefficient (Wildman–Crippen LogP) is 1.17. The number of hydrogen-bond donors (Lipinski definition) is 6. The standard InChI is InChI=1S/C30H43N5O7S/c1-18-25(43-17-32-18)19-9-11-20(12-10-19)30(5,42)34-27(40)22-14-21(37)15-35(22)28(41)26(29(2,3)4)33-23(38)8-6-7-13-31-24(39)16-36/h9-12,17,21-22,26,36-37,42H,6-8,13-16H2,1-5H3,(H,31,39)(H,33,38)(H,34,40)/t21-,22+,26-,30-/m1/s1. The summed E-state index contributed by atoms with van der Waals surface area (Å²) in [5.41, 5.74) is 1.58. The molecule has 3 rings (SSSR count). The number of likely N-dealkylation sites (tertiary alicyclic amines) is 1. The number of nitrogens with zero attached hydrogens (tertiary/aromatic N) is 2. The first-order valence-electron chi connectivity index (χ1n) is 14.3. The molecule has 0 radical (unpaired) electrons. The van der Waals surface area contributed by atoms with Gasteiger partial charge in [-0.25, -0.2) is 4.98 Å². The normalized spacial score (nSPS) is 18.9. The summed E-state index contributed by atoms with van der Waals surface area (Å²) in [6.45, 7) is 8.38. The highest BCUT2D eigenvalue weighted by Gasteiger charge is 2.45. The minimum Gasteiger partial charge on any atom is -0.391 e. The van der Waals surface area contributed by atoms with Gasteiger partial charge in [0.2, 0.25) is 23.6 Å². The van der Waals surface area contributed by atoms with E-state index in [1.165, 1.54) is 23.2 Å². The van der Waals surface area contributed by atoms with Gasteiger partial charge < -0.3 is 36.2 Å². The molecule has 6 N–H and O–H groups in total. The third-order valence-corrected chi connectivity index (χ3v) is 8.38. The lowest BCUT2D eigenvalue weighted by molar-refractivity contribution is -0.146. The molecular formula is C30H43N5O7S. The van der Waals surface area contributed by atoms with Crippen LogP contribution in [0.5, 0.6) is 0 Å². The Labute approximate surface area is 255 Å². The van der Waals surface area contributed by atoms with Gasteiger partial charge in [-0.15, -0.1) is 11.3 Å². The van der Waals surface area contributed by atoms with Crippen molar-refractivity contribution in [2.75, 3.05) is 19.7 Å². The summed E-state index contributed by atoms with van der Waals surface area (Å²) in [6.07, 6.45) is 0.127. The zero-order valence-electron chi connectivity index (χ0n) is 25.3. The number of rotatable bonds is 12. The number of carbonyl (C=O) groups is 4. The van der Waals surface area contributed by atoms with Crippen molar-refractivity contribution in [2.45, 2.75) is 84.2 Å². The number of β-amino-alcohol motifs (C(OH)–C–C–N with tert-alkyl or cyclic N) is 1. The largest absolute Gasteiger partial charge is 0.391 e. The van der Waals surface area contributed by atoms with Crippen molar-refractivity contribution in [1.29, 1.82) is 0 Å². The molecule has 1 aliphatic rings. The van der Waals surface area contributed by atoms with Crippen LogP contribution in [0.25, 0.3) is 10.4 Å². The Morgan fingerprint density at radius 3 is 2.35 bits per heavy atom. The van der Waals surface area contributed by atoms with Crippen LogP contribution in [0.1, 0.15) is 64.6 Å². The molecule has 1 aliphatic heterocycles. The third kappa shape index (κ3) is 9.05. The van der Waals surface area contributed by atoms with Crippen molar-refractivity contribution < 1.29 is 34.5 Å². The van der Waals surface area contributed by atoms with E-state index in [4.69, 9.17) is 5.11 Å². The zero-order valence-corrected chi connectivity index (χ0v) is 26.2. The van der Waals surface area contributed by atoms with Crippen LogP contribution in [0.2, 0.25) is 0 Å². The minimum atomic E-state index is -1.76. The number of carbonyl (C=O) groups excluding carboxylic acids is 4. The lowest BCUT2D eigenvalue weighted by Gasteiger charge is -2.36. The van der Waals surface area contributed by atoms with E-state index in [2.05, 4.69) is 20.9 Å². The van der Waals surface area contributed by atoms with Crippen LogP contribution in [-0.2, 0) is 24.9 Å². The van der Waals surface area contributed by atoms with Gasteiger partial charge in [0.25, 0.3) is 0 Å². The van der Waals surface area contributed by atoms with Gasteiger partial charge in [0.15, 0.2) is 5.72 Å². The highest BCUT2D eigenvalue weighted by molar-refractivity contribution is 7.13. The number of amides is 4. The monoisotopic (exact) mass is 617 g/mol. The molecule has 13 heteroatoms. The Balaban J connectivity index is 1.67. The van der Waals surface area contributed by atoms with Crippen LogP contribution >= 0.6 is 11.3 Å². The number of aromatic nitrogens is 1. The van der Waals surface area contributed by atoms with E-state index in [0.717, 1.165) is 16.1 Å². The fourth-order valence-corrected chi connectivity index (χ4v) is 5.78.